The van der Waals surface area contributed by atoms with Gasteiger partial charge < -0.3 is 5.32 Å². The molecular formula is C16H25BrN2. The Morgan fingerprint density at radius 2 is 2.16 bits per heavy atom. The predicted molar refractivity (Wildman–Crippen MR) is 85.3 cm³/mol. The Labute approximate surface area is 125 Å². The maximum absolute atomic E-state index is 3.68. The number of rotatable bonds is 5. The Hall–Kier alpha value is -0.380. The molecule has 1 fully saturated rings. The van der Waals surface area contributed by atoms with Crippen LogP contribution in [0.4, 0.5) is 0 Å². The van der Waals surface area contributed by atoms with Crippen LogP contribution in [0.25, 0.3) is 0 Å². The second kappa shape index (κ2) is 7.41. The first-order valence-electron chi connectivity index (χ1n) is 7.40. The summed E-state index contributed by atoms with van der Waals surface area (Å²) in [4.78, 5) is 2.58. The Morgan fingerprint density at radius 3 is 2.84 bits per heavy atom. The molecule has 0 aromatic heterocycles. The van der Waals surface area contributed by atoms with Gasteiger partial charge in [-0.1, -0.05) is 48.0 Å². The van der Waals surface area contributed by atoms with E-state index in [0.717, 1.165) is 19.0 Å². The van der Waals surface area contributed by atoms with E-state index in [0.29, 0.717) is 6.04 Å². The van der Waals surface area contributed by atoms with Gasteiger partial charge in [0.15, 0.2) is 0 Å². The minimum Gasteiger partial charge on any atom is -0.314 e. The first-order chi connectivity index (χ1) is 9.20. The van der Waals surface area contributed by atoms with E-state index >= 15 is 0 Å². The van der Waals surface area contributed by atoms with Crippen molar-refractivity contribution in [3.8, 4) is 0 Å². The van der Waals surface area contributed by atoms with Crippen molar-refractivity contribution in [3.63, 3.8) is 0 Å². The van der Waals surface area contributed by atoms with Crippen LogP contribution in [-0.2, 0) is 6.54 Å². The Bertz CT molecular complexity index is 394. The normalized spacial score (nSPS) is 24.6. The molecule has 1 aromatic carbocycles. The molecule has 106 valence electrons. The first kappa shape index (κ1) is 15.0. The molecule has 2 atom stereocenters. The number of piperidine rings is 1. The van der Waals surface area contributed by atoms with Crippen LogP contribution in [-0.4, -0.2) is 30.6 Å². The van der Waals surface area contributed by atoms with Gasteiger partial charge in [0.1, 0.15) is 0 Å². The molecule has 1 aliphatic rings. The molecule has 1 saturated heterocycles. The molecule has 0 spiro atoms. The average molecular weight is 325 g/mol. The summed E-state index contributed by atoms with van der Waals surface area (Å²) < 4.78 is 1.23. The summed E-state index contributed by atoms with van der Waals surface area (Å²) in [6.45, 7) is 9.22. The quantitative estimate of drug-likeness (QED) is 0.889. The number of likely N-dealkylation sites (tertiary alicyclic amines) is 1. The van der Waals surface area contributed by atoms with E-state index in [2.05, 4.69) is 64.3 Å². The SMILES string of the molecule is CCCNC1CCN(Cc2ccccc2Br)CC1C. The van der Waals surface area contributed by atoms with Crippen LogP contribution in [0.1, 0.15) is 32.3 Å². The highest BCUT2D eigenvalue weighted by Crippen LogP contribution is 2.22. The second-order valence-corrected chi connectivity index (χ2v) is 6.51. The largest absolute Gasteiger partial charge is 0.314 e. The monoisotopic (exact) mass is 324 g/mol. The summed E-state index contributed by atoms with van der Waals surface area (Å²) in [7, 11) is 0. The van der Waals surface area contributed by atoms with E-state index in [1.165, 1.54) is 36.0 Å². The number of hydrogen-bond donors (Lipinski definition) is 1. The van der Waals surface area contributed by atoms with Gasteiger partial charge in [-0.2, -0.15) is 0 Å². The highest BCUT2D eigenvalue weighted by Gasteiger charge is 2.25. The van der Waals surface area contributed by atoms with Gasteiger partial charge in [0.25, 0.3) is 0 Å². The maximum atomic E-state index is 3.68. The van der Waals surface area contributed by atoms with E-state index in [9.17, 15) is 0 Å². The molecule has 3 heteroatoms. The van der Waals surface area contributed by atoms with Gasteiger partial charge in [0.2, 0.25) is 0 Å². The van der Waals surface area contributed by atoms with Crippen molar-refractivity contribution in [2.75, 3.05) is 19.6 Å². The summed E-state index contributed by atoms with van der Waals surface area (Å²) in [5.74, 6) is 0.739. The molecule has 19 heavy (non-hydrogen) atoms. The lowest BCUT2D eigenvalue weighted by Gasteiger charge is -2.37. The van der Waals surface area contributed by atoms with Crippen LogP contribution in [0.15, 0.2) is 28.7 Å². The molecule has 1 aliphatic heterocycles. The molecule has 2 unspecified atom stereocenters. The molecule has 1 aromatic rings. The van der Waals surface area contributed by atoms with Crippen molar-refractivity contribution in [3.05, 3.63) is 34.3 Å². The third kappa shape index (κ3) is 4.30. The molecule has 0 saturated carbocycles. The van der Waals surface area contributed by atoms with Crippen LogP contribution >= 0.6 is 15.9 Å². The molecule has 1 heterocycles. The van der Waals surface area contributed by atoms with Gasteiger partial charge in [-0.25, -0.2) is 0 Å². The maximum Gasteiger partial charge on any atom is 0.0245 e. The van der Waals surface area contributed by atoms with Crippen molar-refractivity contribution in [2.24, 2.45) is 5.92 Å². The number of benzene rings is 1. The summed E-state index contributed by atoms with van der Waals surface area (Å²) >= 11 is 3.65. The molecule has 2 rings (SSSR count). The van der Waals surface area contributed by atoms with Crippen molar-refractivity contribution in [2.45, 2.75) is 39.3 Å². The lowest BCUT2D eigenvalue weighted by atomic mass is 9.93. The first-order valence-corrected chi connectivity index (χ1v) is 8.19. The molecule has 2 nitrogen and oxygen atoms in total. The Kier molecular flexibility index (Phi) is 5.86. The highest BCUT2D eigenvalue weighted by molar-refractivity contribution is 9.10. The van der Waals surface area contributed by atoms with Crippen molar-refractivity contribution in [1.82, 2.24) is 10.2 Å². The van der Waals surface area contributed by atoms with Crippen LogP contribution in [0.5, 0.6) is 0 Å². The standard InChI is InChI=1S/C16H25BrN2/c1-3-9-18-16-8-10-19(11-13(16)2)12-14-6-4-5-7-15(14)17/h4-7,13,16,18H,3,8-12H2,1-2H3. The zero-order valence-electron chi connectivity index (χ0n) is 12.0. The van der Waals surface area contributed by atoms with Crippen LogP contribution in [0.3, 0.4) is 0 Å². The summed E-state index contributed by atoms with van der Waals surface area (Å²) in [5.41, 5.74) is 1.40. The van der Waals surface area contributed by atoms with Crippen LogP contribution in [0, 0.1) is 5.92 Å². The van der Waals surface area contributed by atoms with Crippen molar-refractivity contribution in [1.29, 1.82) is 0 Å². The molecule has 0 amide bonds. The fourth-order valence-corrected chi connectivity index (χ4v) is 3.29. The fraction of sp³-hybridized carbons (Fsp3) is 0.625. The molecular weight excluding hydrogens is 300 g/mol. The summed E-state index contributed by atoms with van der Waals surface area (Å²) in [6.07, 6.45) is 2.50. The molecule has 0 bridgehead atoms. The van der Waals surface area contributed by atoms with Gasteiger partial charge in [0.05, 0.1) is 0 Å². The molecule has 0 radical (unpaired) electrons. The van der Waals surface area contributed by atoms with Gasteiger partial charge in [-0.3, -0.25) is 4.90 Å². The summed E-state index contributed by atoms with van der Waals surface area (Å²) in [6, 6.07) is 9.26. The van der Waals surface area contributed by atoms with Gasteiger partial charge in [0, 0.05) is 23.6 Å². The molecule has 1 N–H and O–H groups in total. The number of hydrogen-bond acceptors (Lipinski definition) is 2. The lowest BCUT2D eigenvalue weighted by Crippen LogP contribution is -2.48. The third-order valence-corrected chi connectivity index (χ3v) is 4.77. The smallest absolute Gasteiger partial charge is 0.0245 e. The number of nitrogens with zero attached hydrogens (tertiary/aromatic N) is 1. The zero-order valence-corrected chi connectivity index (χ0v) is 13.6. The van der Waals surface area contributed by atoms with Crippen molar-refractivity contribution < 1.29 is 0 Å². The van der Waals surface area contributed by atoms with E-state index in [-0.39, 0.29) is 0 Å². The van der Waals surface area contributed by atoms with Crippen molar-refractivity contribution >= 4 is 15.9 Å². The van der Waals surface area contributed by atoms with E-state index in [1.54, 1.807) is 0 Å². The van der Waals surface area contributed by atoms with Gasteiger partial charge in [-0.15, -0.1) is 0 Å². The zero-order chi connectivity index (χ0) is 13.7. The highest BCUT2D eigenvalue weighted by atomic mass is 79.9. The Balaban J connectivity index is 1.86. The minimum atomic E-state index is 0.704. The van der Waals surface area contributed by atoms with Gasteiger partial charge in [-0.05, 0) is 43.5 Å². The average Bonchev–Trinajstić information content (AvgIpc) is 2.40. The lowest BCUT2D eigenvalue weighted by molar-refractivity contribution is 0.141. The number of halogens is 1. The minimum absolute atomic E-state index is 0.704. The summed E-state index contributed by atoms with van der Waals surface area (Å²) in [5, 5.41) is 3.68. The number of nitrogens with one attached hydrogen (secondary N) is 1. The second-order valence-electron chi connectivity index (χ2n) is 5.65. The van der Waals surface area contributed by atoms with Gasteiger partial charge >= 0.3 is 0 Å². The third-order valence-electron chi connectivity index (χ3n) is 4.00. The van der Waals surface area contributed by atoms with Crippen LogP contribution in [0.2, 0.25) is 0 Å². The van der Waals surface area contributed by atoms with Crippen LogP contribution < -0.4 is 5.32 Å². The fourth-order valence-electron chi connectivity index (χ4n) is 2.88. The van der Waals surface area contributed by atoms with E-state index in [4.69, 9.17) is 0 Å². The molecule has 0 aliphatic carbocycles. The van der Waals surface area contributed by atoms with E-state index < -0.39 is 0 Å². The van der Waals surface area contributed by atoms with E-state index in [1.807, 2.05) is 0 Å². The Morgan fingerprint density at radius 1 is 1.37 bits per heavy atom. The predicted octanol–water partition coefficient (Wildman–Crippen LogP) is 3.66. The topological polar surface area (TPSA) is 15.3 Å².